The zero-order valence-corrected chi connectivity index (χ0v) is 19.9. The maximum atomic E-state index is 13.4. The second-order valence-corrected chi connectivity index (χ2v) is 10.8. The number of benzene rings is 2. The van der Waals surface area contributed by atoms with E-state index in [1.807, 2.05) is 0 Å². The van der Waals surface area contributed by atoms with Crippen LogP contribution in [0.2, 0.25) is 0 Å². The van der Waals surface area contributed by atoms with Gasteiger partial charge in [0.2, 0.25) is 0 Å². The smallest absolute Gasteiger partial charge is 0.265 e. The van der Waals surface area contributed by atoms with Gasteiger partial charge in [0, 0.05) is 13.0 Å². The van der Waals surface area contributed by atoms with E-state index in [9.17, 15) is 18.4 Å². The molecule has 1 unspecified atom stereocenters. The van der Waals surface area contributed by atoms with E-state index in [1.165, 1.54) is 63.0 Å². The van der Waals surface area contributed by atoms with E-state index in [1.54, 1.807) is 24.3 Å². The van der Waals surface area contributed by atoms with E-state index in [0.29, 0.717) is 23.7 Å². The summed E-state index contributed by atoms with van der Waals surface area (Å²) in [7, 11) is -2.67. The van der Waals surface area contributed by atoms with Crippen LogP contribution >= 0.6 is 0 Å². The average molecular weight is 477 g/mol. The topological polar surface area (TPSA) is 105 Å². The molecule has 9 heteroatoms. The Bertz CT molecular complexity index is 1040. The summed E-state index contributed by atoms with van der Waals surface area (Å²) in [6.45, 7) is 4.84. The first-order chi connectivity index (χ1) is 15.8. The Morgan fingerprint density at radius 3 is 2.42 bits per heavy atom. The molecule has 180 valence electrons. The van der Waals surface area contributed by atoms with Gasteiger partial charge in [0.15, 0.2) is 14.6 Å². The van der Waals surface area contributed by atoms with Crippen LogP contribution in [-0.4, -0.2) is 62.5 Å². The van der Waals surface area contributed by atoms with Crippen molar-refractivity contribution < 1.29 is 27.9 Å². The van der Waals surface area contributed by atoms with Crippen molar-refractivity contribution in [3.05, 3.63) is 54.1 Å². The van der Waals surface area contributed by atoms with Crippen molar-refractivity contribution in [1.29, 1.82) is 0 Å². The predicted molar refractivity (Wildman–Crippen MR) is 124 cm³/mol. The lowest BCUT2D eigenvalue weighted by Gasteiger charge is -2.27. The minimum absolute atomic E-state index is 0.0386. The highest BCUT2D eigenvalue weighted by molar-refractivity contribution is 7.93. The molecular formula is C24H32N2O6S. The maximum absolute atomic E-state index is 13.4. The third-order valence-corrected chi connectivity index (χ3v) is 8.52. The van der Waals surface area contributed by atoms with Crippen molar-refractivity contribution in [2.24, 2.45) is 0 Å². The molecule has 1 atom stereocenters. The van der Waals surface area contributed by atoms with E-state index in [2.05, 4.69) is 4.90 Å². The van der Waals surface area contributed by atoms with Gasteiger partial charge in [0.05, 0.1) is 12.0 Å². The van der Waals surface area contributed by atoms with Crippen molar-refractivity contribution in [3.63, 3.8) is 0 Å². The lowest BCUT2D eigenvalue weighted by Crippen LogP contribution is -2.51. The molecule has 0 aliphatic carbocycles. The first-order valence-electron chi connectivity index (χ1n) is 11.1. The largest absolute Gasteiger partial charge is 0.497 e. The summed E-state index contributed by atoms with van der Waals surface area (Å²) in [6, 6.07) is 12.9. The Hall–Kier alpha value is -2.62. The van der Waals surface area contributed by atoms with Crippen LogP contribution in [-0.2, 0) is 21.1 Å². The van der Waals surface area contributed by atoms with Gasteiger partial charge in [-0.05, 0) is 74.8 Å². The molecule has 0 radical (unpaired) electrons. The number of nitrogens with one attached hydrogen (secondary N) is 1. The van der Waals surface area contributed by atoms with Crippen LogP contribution in [0.5, 0.6) is 11.5 Å². The van der Waals surface area contributed by atoms with E-state index in [-0.39, 0.29) is 11.3 Å². The molecule has 1 amide bonds. The number of rotatable bonds is 10. The highest BCUT2D eigenvalue weighted by Crippen LogP contribution is 2.31. The van der Waals surface area contributed by atoms with E-state index < -0.39 is 20.5 Å². The Kier molecular flexibility index (Phi) is 8.34. The maximum Gasteiger partial charge on any atom is 0.265 e. The quantitative estimate of drug-likeness (QED) is 0.401. The molecule has 2 N–H and O–H groups in total. The lowest BCUT2D eigenvalue weighted by molar-refractivity contribution is -0.131. The molecule has 0 aromatic heterocycles. The van der Waals surface area contributed by atoms with Crippen LogP contribution < -0.4 is 15.0 Å². The molecule has 1 fully saturated rings. The zero-order valence-electron chi connectivity index (χ0n) is 19.1. The zero-order chi connectivity index (χ0) is 23.9. The second kappa shape index (κ2) is 11.0. The fraction of sp³-hybridized carbons (Fsp3) is 0.458. The standard InChI is InChI=1S/C24H32N2O6S/c1-24(23(27)25-28,33(29,30)22-11-9-20(31-2)10-12-22)18-19-7-6-8-21(17-19)32-16-15-26-13-4-3-5-14-26/h6-12,17,28H,3-5,13-16,18H2,1-2H3,(H,25,27). The summed E-state index contributed by atoms with van der Waals surface area (Å²) in [6.07, 6.45) is 3.56. The van der Waals surface area contributed by atoms with Crippen molar-refractivity contribution in [1.82, 2.24) is 10.4 Å². The van der Waals surface area contributed by atoms with Crippen LogP contribution in [0.3, 0.4) is 0 Å². The molecule has 1 aliphatic rings. The van der Waals surface area contributed by atoms with Crippen LogP contribution in [0.4, 0.5) is 0 Å². The molecule has 2 aromatic carbocycles. The monoisotopic (exact) mass is 476 g/mol. The molecule has 0 bridgehead atoms. The average Bonchev–Trinajstić information content (AvgIpc) is 2.84. The third kappa shape index (κ3) is 5.85. The number of ether oxygens (including phenoxy) is 2. The van der Waals surface area contributed by atoms with Gasteiger partial charge in [0.1, 0.15) is 18.1 Å². The van der Waals surface area contributed by atoms with Crippen LogP contribution in [0.25, 0.3) is 0 Å². The highest BCUT2D eigenvalue weighted by atomic mass is 32.2. The number of hydrogen-bond acceptors (Lipinski definition) is 7. The highest BCUT2D eigenvalue weighted by Gasteiger charge is 2.47. The number of methoxy groups -OCH3 is 1. The molecule has 0 spiro atoms. The number of piperidine rings is 1. The Labute approximate surface area is 195 Å². The molecule has 2 aromatic rings. The molecule has 1 aliphatic heterocycles. The van der Waals surface area contributed by atoms with Gasteiger partial charge in [0.25, 0.3) is 5.91 Å². The van der Waals surface area contributed by atoms with Crippen LogP contribution in [0.15, 0.2) is 53.4 Å². The molecule has 3 rings (SSSR count). The first-order valence-corrected chi connectivity index (χ1v) is 12.6. The van der Waals surface area contributed by atoms with Gasteiger partial charge in [-0.3, -0.25) is 14.9 Å². The van der Waals surface area contributed by atoms with Crippen LogP contribution in [0, 0.1) is 0 Å². The number of sulfone groups is 1. The predicted octanol–water partition coefficient (Wildman–Crippen LogP) is 2.84. The number of hydrogen-bond donors (Lipinski definition) is 2. The number of carbonyl (C=O) groups excluding carboxylic acids is 1. The normalized spacial score (nSPS) is 16.6. The van der Waals surface area contributed by atoms with Gasteiger partial charge < -0.3 is 9.47 Å². The second-order valence-electron chi connectivity index (χ2n) is 8.43. The molecule has 1 saturated heterocycles. The number of nitrogens with zero attached hydrogens (tertiary/aromatic N) is 1. The first kappa shape index (κ1) is 25.0. The number of likely N-dealkylation sites (tertiary alicyclic amines) is 1. The summed E-state index contributed by atoms with van der Waals surface area (Å²) in [4.78, 5) is 14.9. The fourth-order valence-corrected chi connectivity index (χ4v) is 5.70. The Morgan fingerprint density at radius 1 is 1.09 bits per heavy atom. The minimum Gasteiger partial charge on any atom is -0.497 e. The minimum atomic E-state index is -4.15. The fourth-order valence-electron chi connectivity index (χ4n) is 4.04. The van der Waals surface area contributed by atoms with Crippen molar-refractivity contribution in [2.75, 3.05) is 33.4 Å². The number of carbonyl (C=O) groups is 1. The number of amides is 1. The number of hydroxylamine groups is 1. The molecule has 0 saturated carbocycles. The lowest BCUT2D eigenvalue weighted by atomic mass is 9.99. The summed E-state index contributed by atoms with van der Waals surface area (Å²) in [5, 5.41) is 9.32. The van der Waals surface area contributed by atoms with Gasteiger partial charge in [-0.1, -0.05) is 18.6 Å². The molecule has 1 heterocycles. The SMILES string of the molecule is COc1ccc(S(=O)(=O)C(C)(Cc2cccc(OCCN3CCCCC3)c2)C(=O)NO)cc1. The van der Waals surface area contributed by atoms with Crippen molar-refractivity contribution >= 4 is 15.7 Å². The van der Waals surface area contributed by atoms with E-state index in [0.717, 1.165) is 19.6 Å². The molecule has 8 nitrogen and oxygen atoms in total. The molecular weight excluding hydrogens is 444 g/mol. The Morgan fingerprint density at radius 2 is 1.79 bits per heavy atom. The summed E-state index contributed by atoms with van der Waals surface area (Å²) >= 11 is 0. The summed E-state index contributed by atoms with van der Waals surface area (Å²) in [5.74, 6) is 0.101. The van der Waals surface area contributed by atoms with Gasteiger partial charge in [-0.15, -0.1) is 0 Å². The van der Waals surface area contributed by atoms with Gasteiger partial charge in [-0.2, -0.15) is 0 Å². The van der Waals surface area contributed by atoms with Crippen LogP contribution in [0.1, 0.15) is 31.7 Å². The van der Waals surface area contributed by atoms with E-state index >= 15 is 0 Å². The van der Waals surface area contributed by atoms with E-state index in [4.69, 9.17) is 9.47 Å². The summed E-state index contributed by atoms with van der Waals surface area (Å²) in [5.41, 5.74) is 2.14. The van der Waals surface area contributed by atoms with Gasteiger partial charge in [-0.25, -0.2) is 13.9 Å². The van der Waals surface area contributed by atoms with Crippen molar-refractivity contribution in [3.8, 4) is 11.5 Å². The molecule has 33 heavy (non-hydrogen) atoms. The third-order valence-electron chi connectivity index (χ3n) is 6.11. The van der Waals surface area contributed by atoms with Crippen molar-refractivity contribution in [2.45, 2.75) is 42.2 Å². The Balaban J connectivity index is 1.77. The van der Waals surface area contributed by atoms with Gasteiger partial charge >= 0.3 is 0 Å². The summed E-state index contributed by atoms with van der Waals surface area (Å²) < 4.78 is 35.9.